The van der Waals surface area contributed by atoms with Gasteiger partial charge < -0.3 is 19.5 Å². The van der Waals surface area contributed by atoms with E-state index in [2.05, 4.69) is 0 Å². The Labute approximate surface area is 185 Å². The first kappa shape index (κ1) is 22.3. The summed E-state index contributed by atoms with van der Waals surface area (Å²) in [4.78, 5) is 26.2. The highest BCUT2D eigenvalue weighted by molar-refractivity contribution is 6.31. The zero-order chi connectivity index (χ0) is 22.4. The van der Waals surface area contributed by atoms with Crippen LogP contribution in [-0.2, 0) is 9.53 Å². The minimum absolute atomic E-state index is 0.0103. The van der Waals surface area contributed by atoms with E-state index >= 15 is 0 Å². The largest absolute Gasteiger partial charge is 0.508 e. The molecule has 31 heavy (non-hydrogen) atoms. The molecule has 0 bridgehead atoms. The standard InChI is InChI=1S/C23H21ClN2O5/c1-15(27)21-11-18(24)4-7-22(21)31-14-20-13-26(8-9-30-20)23(29)17(12-25)10-16-2-5-19(28)6-3-16/h2-7,10-11,20,28H,8-9,13-14H2,1H3/b17-10+. The van der Waals surface area contributed by atoms with E-state index in [0.29, 0.717) is 35.1 Å². The van der Waals surface area contributed by atoms with Crippen LogP contribution in [0.15, 0.2) is 48.0 Å². The van der Waals surface area contributed by atoms with Crippen LogP contribution in [0.1, 0.15) is 22.8 Å². The lowest BCUT2D eigenvalue weighted by Crippen LogP contribution is -2.48. The van der Waals surface area contributed by atoms with Gasteiger partial charge in [-0.05, 0) is 48.9 Å². The lowest BCUT2D eigenvalue weighted by atomic mass is 10.1. The number of nitriles is 1. The lowest BCUT2D eigenvalue weighted by Gasteiger charge is -2.32. The minimum atomic E-state index is -0.415. The second-order valence-electron chi connectivity index (χ2n) is 7.01. The molecule has 1 fully saturated rings. The number of hydrogen-bond donors (Lipinski definition) is 1. The second-order valence-corrected chi connectivity index (χ2v) is 7.45. The summed E-state index contributed by atoms with van der Waals surface area (Å²) in [6, 6.07) is 13.0. The van der Waals surface area contributed by atoms with Crippen LogP contribution < -0.4 is 4.74 Å². The molecule has 1 atom stereocenters. The number of hydrogen-bond acceptors (Lipinski definition) is 6. The third-order valence-electron chi connectivity index (χ3n) is 4.73. The molecule has 2 aromatic rings. The first-order valence-corrected chi connectivity index (χ1v) is 10.00. The predicted octanol–water partition coefficient (Wildman–Crippen LogP) is 3.46. The molecule has 1 aliphatic rings. The molecule has 0 aliphatic carbocycles. The SMILES string of the molecule is CC(=O)c1cc(Cl)ccc1OCC1CN(C(=O)/C(C#N)=C/c2ccc(O)cc2)CCO1. The fourth-order valence-electron chi connectivity index (χ4n) is 3.14. The quantitative estimate of drug-likeness (QED) is 0.419. The maximum absolute atomic E-state index is 12.8. The average Bonchev–Trinajstić information content (AvgIpc) is 2.77. The van der Waals surface area contributed by atoms with Crippen molar-refractivity contribution in [3.05, 3.63) is 64.2 Å². The Kier molecular flexibility index (Phi) is 7.29. The van der Waals surface area contributed by atoms with Crippen molar-refractivity contribution in [1.29, 1.82) is 5.26 Å². The number of nitrogens with zero attached hydrogens (tertiary/aromatic N) is 2. The number of carbonyl (C=O) groups excluding carboxylic acids is 2. The summed E-state index contributed by atoms with van der Waals surface area (Å²) in [6.45, 7) is 2.47. The van der Waals surface area contributed by atoms with Crippen molar-refractivity contribution >= 4 is 29.4 Å². The highest BCUT2D eigenvalue weighted by Gasteiger charge is 2.27. The van der Waals surface area contributed by atoms with Gasteiger partial charge in [0.2, 0.25) is 0 Å². The van der Waals surface area contributed by atoms with Crippen molar-refractivity contribution in [1.82, 2.24) is 4.90 Å². The smallest absolute Gasteiger partial charge is 0.264 e. The second kappa shape index (κ2) is 10.1. The number of Topliss-reactive ketones (excluding diaryl/α,β-unsaturated/α-hetero) is 1. The third-order valence-corrected chi connectivity index (χ3v) is 4.96. The maximum atomic E-state index is 12.8. The molecular weight excluding hydrogens is 420 g/mol. The molecule has 0 radical (unpaired) electrons. The molecule has 1 heterocycles. The highest BCUT2D eigenvalue weighted by atomic mass is 35.5. The van der Waals surface area contributed by atoms with Gasteiger partial charge in [0.1, 0.15) is 35.9 Å². The van der Waals surface area contributed by atoms with Gasteiger partial charge in [-0.1, -0.05) is 23.7 Å². The maximum Gasteiger partial charge on any atom is 0.264 e. The number of aromatic hydroxyl groups is 1. The fourth-order valence-corrected chi connectivity index (χ4v) is 3.31. The summed E-state index contributed by atoms with van der Waals surface area (Å²) in [7, 11) is 0. The van der Waals surface area contributed by atoms with Crippen molar-refractivity contribution in [2.45, 2.75) is 13.0 Å². The molecule has 7 nitrogen and oxygen atoms in total. The van der Waals surface area contributed by atoms with E-state index in [9.17, 15) is 20.0 Å². The van der Waals surface area contributed by atoms with Crippen molar-refractivity contribution in [2.24, 2.45) is 0 Å². The average molecular weight is 441 g/mol. The Bertz CT molecular complexity index is 1040. The summed E-state index contributed by atoms with van der Waals surface area (Å²) in [5, 5.41) is 19.3. The van der Waals surface area contributed by atoms with E-state index in [0.717, 1.165) is 0 Å². The van der Waals surface area contributed by atoms with E-state index in [-0.39, 0.29) is 30.3 Å². The van der Waals surface area contributed by atoms with E-state index < -0.39 is 12.0 Å². The summed E-state index contributed by atoms with van der Waals surface area (Å²) in [6.07, 6.45) is 1.07. The number of amides is 1. The third kappa shape index (κ3) is 5.85. The molecule has 1 amide bonds. The number of ketones is 1. The van der Waals surface area contributed by atoms with Crippen LogP contribution in [0.2, 0.25) is 5.02 Å². The van der Waals surface area contributed by atoms with Gasteiger partial charge in [-0.3, -0.25) is 9.59 Å². The van der Waals surface area contributed by atoms with Crippen LogP contribution in [0.25, 0.3) is 6.08 Å². The fraction of sp³-hybridized carbons (Fsp3) is 0.261. The topological polar surface area (TPSA) is 99.9 Å². The van der Waals surface area contributed by atoms with Crippen LogP contribution >= 0.6 is 11.6 Å². The van der Waals surface area contributed by atoms with Gasteiger partial charge in [-0.25, -0.2) is 0 Å². The van der Waals surface area contributed by atoms with Gasteiger partial charge in [0.05, 0.1) is 18.7 Å². The van der Waals surface area contributed by atoms with Crippen molar-refractivity contribution < 1.29 is 24.2 Å². The Hall–Kier alpha value is -3.34. The van der Waals surface area contributed by atoms with Crippen LogP contribution in [0.4, 0.5) is 0 Å². The molecular formula is C23H21ClN2O5. The molecule has 0 saturated carbocycles. The number of morpholine rings is 1. The number of phenols is 1. The minimum Gasteiger partial charge on any atom is -0.508 e. The zero-order valence-electron chi connectivity index (χ0n) is 16.9. The van der Waals surface area contributed by atoms with Crippen LogP contribution in [-0.4, -0.2) is 54.1 Å². The molecule has 0 spiro atoms. The van der Waals surface area contributed by atoms with Gasteiger partial charge in [-0.2, -0.15) is 5.26 Å². The van der Waals surface area contributed by atoms with Gasteiger partial charge >= 0.3 is 0 Å². The van der Waals surface area contributed by atoms with E-state index in [4.69, 9.17) is 21.1 Å². The first-order chi connectivity index (χ1) is 14.9. The number of halogens is 1. The van der Waals surface area contributed by atoms with Crippen molar-refractivity contribution in [3.63, 3.8) is 0 Å². The van der Waals surface area contributed by atoms with Crippen molar-refractivity contribution in [2.75, 3.05) is 26.3 Å². The molecule has 8 heteroatoms. The molecule has 2 aromatic carbocycles. The number of rotatable bonds is 6. The summed E-state index contributed by atoms with van der Waals surface area (Å²) in [5.74, 6) is -0.0720. The van der Waals surface area contributed by atoms with Crippen LogP contribution in [0.3, 0.4) is 0 Å². The van der Waals surface area contributed by atoms with Crippen LogP contribution in [0, 0.1) is 11.3 Å². The van der Waals surface area contributed by atoms with Crippen LogP contribution in [0.5, 0.6) is 11.5 Å². The molecule has 0 aromatic heterocycles. The number of ether oxygens (including phenoxy) is 2. The molecule has 1 saturated heterocycles. The molecule has 1 unspecified atom stereocenters. The Balaban J connectivity index is 1.66. The molecule has 3 rings (SSSR count). The normalized spacial score (nSPS) is 16.5. The molecule has 1 N–H and O–H groups in total. The van der Waals surface area contributed by atoms with E-state index in [1.165, 1.54) is 25.1 Å². The zero-order valence-corrected chi connectivity index (χ0v) is 17.6. The predicted molar refractivity (Wildman–Crippen MR) is 115 cm³/mol. The molecule has 1 aliphatic heterocycles. The number of phenolic OH excluding ortho intramolecular Hbond substituents is 1. The number of carbonyl (C=O) groups is 2. The Morgan fingerprint density at radius 3 is 2.74 bits per heavy atom. The van der Waals surface area contributed by atoms with Gasteiger partial charge in [0.25, 0.3) is 5.91 Å². The monoisotopic (exact) mass is 440 g/mol. The van der Waals surface area contributed by atoms with Gasteiger partial charge in [0.15, 0.2) is 5.78 Å². The first-order valence-electron chi connectivity index (χ1n) is 9.62. The highest BCUT2D eigenvalue weighted by Crippen LogP contribution is 2.24. The van der Waals surface area contributed by atoms with E-state index in [1.54, 1.807) is 35.2 Å². The summed E-state index contributed by atoms with van der Waals surface area (Å²) >= 11 is 5.95. The lowest BCUT2D eigenvalue weighted by molar-refractivity contribution is -0.135. The van der Waals surface area contributed by atoms with E-state index in [1.807, 2.05) is 6.07 Å². The Morgan fingerprint density at radius 1 is 1.32 bits per heavy atom. The summed E-state index contributed by atoms with van der Waals surface area (Å²) < 4.78 is 11.5. The summed E-state index contributed by atoms with van der Waals surface area (Å²) in [5.41, 5.74) is 0.999. The van der Waals surface area contributed by atoms with Gasteiger partial charge in [0, 0.05) is 11.6 Å². The molecule has 160 valence electrons. The van der Waals surface area contributed by atoms with Gasteiger partial charge in [-0.15, -0.1) is 0 Å². The van der Waals surface area contributed by atoms with Crippen molar-refractivity contribution in [3.8, 4) is 17.6 Å². The Morgan fingerprint density at radius 2 is 2.06 bits per heavy atom. The number of benzene rings is 2.